The third-order valence-corrected chi connectivity index (χ3v) is 4.51. The van der Waals surface area contributed by atoms with Gasteiger partial charge in [0.1, 0.15) is 0 Å². The van der Waals surface area contributed by atoms with Crippen LogP contribution in [0.15, 0.2) is 18.2 Å². The van der Waals surface area contributed by atoms with Gasteiger partial charge in [0.25, 0.3) is 0 Å². The average molecular weight is 311 g/mol. The molecule has 1 N–H and O–H groups in total. The molecule has 0 amide bonds. The van der Waals surface area contributed by atoms with Crippen LogP contribution >= 0.6 is 11.6 Å². The van der Waals surface area contributed by atoms with E-state index in [-0.39, 0.29) is 15.0 Å². The van der Waals surface area contributed by atoms with Gasteiger partial charge in [-0.25, -0.2) is 0 Å². The van der Waals surface area contributed by atoms with Crippen LogP contribution in [-0.4, -0.2) is 36.6 Å². The van der Waals surface area contributed by atoms with Gasteiger partial charge in [-0.15, -0.1) is 0 Å². The van der Waals surface area contributed by atoms with Gasteiger partial charge >= 0.3 is 97.8 Å². The number of benzene rings is 1. The van der Waals surface area contributed by atoms with Gasteiger partial charge in [0.05, 0.1) is 0 Å². The van der Waals surface area contributed by atoms with Gasteiger partial charge in [-0.3, -0.25) is 0 Å². The molecule has 1 aromatic carbocycles. The fourth-order valence-corrected chi connectivity index (χ4v) is 2.95. The number of nitrogens with zero attached hydrogens (tertiary/aromatic N) is 2. The molecule has 0 fully saturated rings. The van der Waals surface area contributed by atoms with E-state index in [1.54, 1.807) is 18.2 Å². The molecular formula is C7H6ClN3O2SSe. The molecule has 0 atom stereocenters. The van der Waals surface area contributed by atoms with Crippen molar-refractivity contribution < 1.29 is 8.42 Å². The van der Waals surface area contributed by atoms with Crippen LogP contribution in [0, 0.1) is 0 Å². The van der Waals surface area contributed by atoms with Gasteiger partial charge < -0.3 is 0 Å². The number of aromatic nitrogens is 2. The summed E-state index contributed by atoms with van der Waals surface area (Å²) in [4.78, 5) is 0. The molecule has 0 spiro atoms. The fourth-order valence-electron chi connectivity index (χ4n) is 1.08. The topological polar surface area (TPSA) is 72.0 Å². The summed E-state index contributed by atoms with van der Waals surface area (Å²) in [6.07, 6.45) is 0. The number of fused-ring (bicyclic) bond motifs is 1. The second kappa shape index (κ2) is 4.09. The first-order valence-electron chi connectivity index (χ1n) is 3.90. The summed E-state index contributed by atoms with van der Waals surface area (Å²) in [5.41, 5.74) is 1.77. The van der Waals surface area contributed by atoms with E-state index in [2.05, 4.69) is 12.7 Å². The summed E-state index contributed by atoms with van der Waals surface area (Å²) in [7, 11) is -3.47. The molecule has 2 rings (SSSR count). The van der Waals surface area contributed by atoms with Crippen LogP contribution in [-0.2, 0) is 10.0 Å². The van der Waals surface area contributed by atoms with E-state index in [4.69, 9.17) is 11.6 Å². The molecule has 5 nitrogen and oxygen atoms in total. The predicted molar refractivity (Wildman–Crippen MR) is 59.7 cm³/mol. The molecule has 0 saturated heterocycles. The van der Waals surface area contributed by atoms with Gasteiger partial charge in [0, 0.05) is 0 Å². The van der Waals surface area contributed by atoms with Crippen molar-refractivity contribution in [3.63, 3.8) is 0 Å². The van der Waals surface area contributed by atoms with Crippen LogP contribution in [0.3, 0.4) is 0 Å². The van der Waals surface area contributed by atoms with Crippen molar-refractivity contribution in [2.75, 3.05) is 9.93 Å². The van der Waals surface area contributed by atoms with Gasteiger partial charge in [-0.05, 0) is 0 Å². The third kappa shape index (κ3) is 2.31. The number of rotatable bonds is 3. The molecule has 0 saturated carbocycles. The molecule has 0 bridgehead atoms. The second-order valence-corrected chi connectivity index (χ2v) is 6.18. The zero-order valence-electron chi connectivity index (χ0n) is 7.34. The fraction of sp³-hybridized carbons (Fsp3) is 0.143. The van der Waals surface area contributed by atoms with Crippen molar-refractivity contribution in [1.29, 1.82) is 0 Å². The first-order valence-corrected chi connectivity index (χ1v) is 7.62. The quantitative estimate of drug-likeness (QED) is 0.666. The number of hydrogen-bond donors (Lipinski definition) is 1. The Morgan fingerprint density at radius 3 is 2.93 bits per heavy atom. The van der Waals surface area contributed by atoms with Gasteiger partial charge in [0.15, 0.2) is 0 Å². The summed E-state index contributed by atoms with van der Waals surface area (Å²) in [6.45, 7) is 0. The van der Waals surface area contributed by atoms with Gasteiger partial charge in [-0.1, -0.05) is 0 Å². The SMILES string of the molecule is O=S(=O)(CCl)Nc1cccc2n[se]nc12. The Morgan fingerprint density at radius 1 is 1.40 bits per heavy atom. The number of sulfonamides is 1. The molecule has 0 aliphatic rings. The van der Waals surface area contributed by atoms with Crippen molar-refractivity contribution in [3.8, 4) is 0 Å². The van der Waals surface area contributed by atoms with Crippen molar-refractivity contribution in [2.24, 2.45) is 0 Å². The minimum atomic E-state index is -3.47. The van der Waals surface area contributed by atoms with Crippen LogP contribution in [0.1, 0.15) is 0 Å². The number of halogens is 1. The van der Waals surface area contributed by atoms with Gasteiger partial charge in [-0.2, -0.15) is 0 Å². The molecule has 0 aliphatic carbocycles. The molecule has 0 aliphatic heterocycles. The molecule has 80 valence electrons. The molecule has 0 radical (unpaired) electrons. The third-order valence-electron chi connectivity index (χ3n) is 1.70. The molecule has 0 unspecified atom stereocenters. The maximum atomic E-state index is 11.3. The van der Waals surface area contributed by atoms with Crippen molar-refractivity contribution in [2.45, 2.75) is 0 Å². The van der Waals surface area contributed by atoms with E-state index in [1.807, 2.05) is 0 Å². The zero-order chi connectivity index (χ0) is 10.9. The molecule has 1 aromatic heterocycles. The first kappa shape index (κ1) is 10.9. The van der Waals surface area contributed by atoms with E-state index in [1.165, 1.54) is 0 Å². The molecule has 15 heavy (non-hydrogen) atoms. The van der Waals surface area contributed by atoms with Gasteiger partial charge in [0.2, 0.25) is 0 Å². The number of hydrogen-bond acceptors (Lipinski definition) is 4. The van der Waals surface area contributed by atoms with E-state index in [0.717, 1.165) is 5.52 Å². The van der Waals surface area contributed by atoms with E-state index in [0.29, 0.717) is 11.2 Å². The number of alkyl halides is 1. The Bertz CT molecular complexity index is 583. The van der Waals surface area contributed by atoms with Crippen LogP contribution in [0.5, 0.6) is 0 Å². The summed E-state index contributed by atoms with van der Waals surface area (Å²) in [5.74, 6) is 0. The Hall–Kier alpha value is -0.621. The number of nitrogens with one attached hydrogen (secondary N) is 1. The first-order chi connectivity index (χ1) is 7.12. The van der Waals surface area contributed by atoms with Crippen LogP contribution in [0.25, 0.3) is 11.0 Å². The maximum absolute atomic E-state index is 11.3. The predicted octanol–water partition coefficient (Wildman–Crippen LogP) is 0.625. The zero-order valence-corrected chi connectivity index (χ0v) is 10.6. The monoisotopic (exact) mass is 311 g/mol. The normalized spacial score (nSPS) is 11.8. The van der Waals surface area contributed by atoms with Crippen molar-refractivity contribution in [1.82, 2.24) is 7.96 Å². The Balaban J connectivity index is 2.48. The summed E-state index contributed by atoms with van der Waals surface area (Å²) in [6, 6.07) is 5.17. The standard InChI is InChI=1S/C7H6ClN3O2SSe/c8-4-14(12,13)9-5-2-1-3-6-7(5)11-15-10-6/h1-3,9H,4H2. The minimum absolute atomic E-state index is 0.176. The van der Waals surface area contributed by atoms with E-state index in [9.17, 15) is 8.42 Å². The van der Waals surface area contributed by atoms with Crippen molar-refractivity contribution >= 4 is 53.3 Å². The molecular weight excluding hydrogens is 305 g/mol. The molecule has 2 aromatic rings. The Labute approximate surface area is 97.7 Å². The van der Waals surface area contributed by atoms with Crippen LogP contribution in [0.4, 0.5) is 5.69 Å². The van der Waals surface area contributed by atoms with Crippen LogP contribution < -0.4 is 4.72 Å². The second-order valence-electron chi connectivity index (χ2n) is 2.76. The molecule has 1 heterocycles. The Kier molecular flexibility index (Phi) is 2.97. The summed E-state index contributed by atoms with van der Waals surface area (Å²) < 4.78 is 33.2. The Morgan fingerprint density at radius 2 is 2.20 bits per heavy atom. The van der Waals surface area contributed by atoms with Crippen LogP contribution in [0.2, 0.25) is 0 Å². The van der Waals surface area contributed by atoms with E-state index >= 15 is 0 Å². The summed E-state index contributed by atoms with van der Waals surface area (Å²) >= 11 is 5.12. The summed E-state index contributed by atoms with van der Waals surface area (Å²) in [5, 5.41) is -0.473. The average Bonchev–Trinajstić information content (AvgIpc) is 2.66. The molecule has 8 heteroatoms. The van der Waals surface area contributed by atoms with Crippen molar-refractivity contribution in [3.05, 3.63) is 18.2 Å². The number of anilines is 1. The van der Waals surface area contributed by atoms with E-state index < -0.39 is 15.2 Å².